The van der Waals surface area contributed by atoms with E-state index in [4.69, 9.17) is 0 Å². The minimum absolute atomic E-state index is 0.0471. The molecule has 4 rings (SSSR count). The molecule has 0 heterocycles. The second-order valence-corrected chi connectivity index (χ2v) is 7.83. The van der Waals surface area contributed by atoms with Gasteiger partial charge in [0.15, 0.2) is 0 Å². The molecule has 114 valence electrons. The van der Waals surface area contributed by atoms with Crippen LogP contribution >= 0.6 is 0 Å². The highest BCUT2D eigenvalue weighted by Gasteiger charge is 2.67. The first-order chi connectivity index (χ1) is 9.95. The number of aliphatic carboxylic acids is 1. The third-order valence-electron chi connectivity index (χ3n) is 7.22. The smallest absolute Gasteiger partial charge is 0.307 e. The van der Waals surface area contributed by atoms with E-state index in [0.29, 0.717) is 23.5 Å². The van der Waals surface area contributed by atoms with Crippen LogP contribution in [-0.4, -0.2) is 16.2 Å². The highest BCUT2D eigenvalue weighted by molar-refractivity contribution is 5.73. The maximum Gasteiger partial charge on any atom is 0.307 e. The lowest BCUT2D eigenvalue weighted by molar-refractivity contribution is -0.148. The van der Waals surface area contributed by atoms with E-state index in [2.05, 4.69) is 6.58 Å². The van der Waals surface area contributed by atoms with Gasteiger partial charge in [-0.3, -0.25) is 4.79 Å². The van der Waals surface area contributed by atoms with E-state index in [-0.39, 0.29) is 17.3 Å². The van der Waals surface area contributed by atoms with E-state index in [1.165, 1.54) is 12.0 Å². The summed E-state index contributed by atoms with van der Waals surface area (Å²) in [4.78, 5) is 12.1. The molecular weight excluding hydrogens is 264 g/mol. The van der Waals surface area contributed by atoms with Crippen molar-refractivity contribution in [3.63, 3.8) is 0 Å². The molecule has 6 atom stereocenters. The number of carbonyl (C=O) groups is 1. The summed E-state index contributed by atoms with van der Waals surface area (Å²) in [5.41, 5.74) is 2.16. The number of carboxylic acids is 1. The molecule has 0 radical (unpaired) electrons. The summed E-state index contributed by atoms with van der Waals surface area (Å²) >= 11 is 0. The van der Waals surface area contributed by atoms with Crippen LogP contribution in [-0.2, 0) is 4.79 Å². The molecule has 0 aromatic heterocycles. The molecule has 0 saturated heterocycles. The fourth-order valence-electron chi connectivity index (χ4n) is 6.51. The molecule has 3 nitrogen and oxygen atoms in total. The number of allylic oxidation sites excluding steroid dienone is 3. The zero-order valence-electron chi connectivity index (χ0n) is 12.6. The van der Waals surface area contributed by atoms with E-state index in [9.17, 15) is 15.0 Å². The minimum atomic E-state index is -0.656. The van der Waals surface area contributed by atoms with E-state index >= 15 is 0 Å². The summed E-state index contributed by atoms with van der Waals surface area (Å²) in [7, 11) is 0. The van der Waals surface area contributed by atoms with Gasteiger partial charge in [0.25, 0.3) is 0 Å². The van der Waals surface area contributed by atoms with Gasteiger partial charge in [-0.1, -0.05) is 12.2 Å². The summed E-state index contributed by atoms with van der Waals surface area (Å²) in [6.45, 7) is 6.20. The highest BCUT2D eigenvalue weighted by Crippen LogP contribution is 2.71. The van der Waals surface area contributed by atoms with Crippen LogP contribution in [0.5, 0.6) is 0 Å². The molecule has 3 fully saturated rings. The maximum atomic E-state index is 12.1. The van der Waals surface area contributed by atoms with Gasteiger partial charge >= 0.3 is 5.97 Å². The largest absolute Gasteiger partial charge is 0.512 e. The molecule has 3 heteroatoms. The van der Waals surface area contributed by atoms with Gasteiger partial charge in [-0.05, 0) is 67.8 Å². The first-order valence-corrected chi connectivity index (χ1v) is 8.25. The number of carboxylic acid groups (broad SMARTS) is 1. The first-order valence-electron chi connectivity index (χ1n) is 8.25. The van der Waals surface area contributed by atoms with Crippen molar-refractivity contribution >= 4 is 5.97 Å². The second kappa shape index (κ2) is 4.15. The molecule has 4 aliphatic rings. The van der Waals surface area contributed by atoms with Gasteiger partial charge < -0.3 is 10.2 Å². The van der Waals surface area contributed by atoms with Crippen molar-refractivity contribution in [2.75, 3.05) is 0 Å². The van der Waals surface area contributed by atoms with Crippen molar-refractivity contribution in [3.05, 3.63) is 23.5 Å². The third kappa shape index (κ3) is 1.52. The number of aliphatic hydroxyl groups excluding tert-OH is 1. The third-order valence-corrected chi connectivity index (χ3v) is 7.22. The van der Waals surface area contributed by atoms with Gasteiger partial charge in [-0.15, -0.1) is 0 Å². The Morgan fingerprint density at radius 3 is 2.81 bits per heavy atom. The Morgan fingerprint density at radius 2 is 2.10 bits per heavy atom. The van der Waals surface area contributed by atoms with Gasteiger partial charge in [0.05, 0.1) is 11.7 Å². The summed E-state index contributed by atoms with van der Waals surface area (Å²) in [6, 6.07) is 0. The van der Waals surface area contributed by atoms with Crippen molar-refractivity contribution in [1.29, 1.82) is 0 Å². The van der Waals surface area contributed by atoms with Gasteiger partial charge in [-0.2, -0.15) is 0 Å². The number of rotatable bonds is 1. The number of aliphatic hydroxyl groups is 1. The Morgan fingerprint density at radius 1 is 1.33 bits per heavy atom. The fourth-order valence-corrected chi connectivity index (χ4v) is 6.51. The van der Waals surface area contributed by atoms with Crippen LogP contribution in [0.2, 0.25) is 0 Å². The monoisotopic (exact) mass is 288 g/mol. The number of hydrogen-bond acceptors (Lipinski definition) is 2. The SMILES string of the molecule is C=C1CC23CC1CCC2C1CCC(O)=C(C)C1C3C(=O)O. The molecule has 21 heavy (non-hydrogen) atoms. The summed E-state index contributed by atoms with van der Waals surface area (Å²) in [5.74, 6) is 1.03. The van der Waals surface area contributed by atoms with Crippen LogP contribution in [0.25, 0.3) is 0 Å². The van der Waals surface area contributed by atoms with Crippen LogP contribution in [0.3, 0.4) is 0 Å². The predicted molar refractivity (Wildman–Crippen MR) is 79.7 cm³/mol. The lowest BCUT2D eigenvalue weighted by atomic mass is 9.64. The van der Waals surface area contributed by atoms with E-state index in [0.717, 1.165) is 37.7 Å². The van der Waals surface area contributed by atoms with Crippen molar-refractivity contribution in [3.8, 4) is 0 Å². The van der Waals surface area contributed by atoms with Crippen LogP contribution in [0.4, 0.5) is 0 Å². The van der Waals surface area contributed by atoms with E-state index in [1.807, 2.05) is 6.92 Å². The predicted octanol–water partition coefficient (Wildman–Crippen LogP) is 3.92. The first kappa shape index (κ1) is 13.4. The number of fused-ring (bicyclic) bond motifs is 3. The van der Waals surface area contributed by atoms with Gasteiger partial charge in [-0.25, -0.2) is 0 Å². The number of hydrogen-bond donors (Lipinski definition) is 2. The van der Waals surface area contributed by atoms with E-state index < -0.39 is 5.97 Å². The quantitative estimate of drug-likeness (QED) is 0.719. The average Bonchev–Trinajstić information content (AvgIpc) is 2.86. The Hall–Kier alpha value is -1.25. The van der Waals surface area contributed by atoms with Crippen molar-refractivity contribution in [2.24, 2.45) is 35.0 Å². The second-order valence-electron chi connectivity index (χ2n) is 7.83. The standard InChI is InChI=1S/C18H24O3/c1-9-7-18-8-11(9)3-5-13(18)12-4-6-14(19)10(2)15(12)16(18)17(20)21/h11-13,15-16,19H,1,3-8H2,2H3,(H,20,21). The van der Waals surface area contributed by atoms with Crippen molar-refractivity contribution < 1.29 is 15.0 Å². The molecular formula is C18H24O3. The molecule has 1 spiro atoms. The lowest BCUT2D eigenvalue weighted by Crippen LogP contribution is -2.38. The molecule has 4 aliphatic carbocycles. The normalized spacial score (nSPS) is 48.2. The lowest BCUT2D eigenvalue weighted by Gasteiger charge is -2.39. The van der Waals surface area contributed by atoms with Crippen LogP contribution in [0.15, 0.2) is 23.5 Å². The Bertz CT molecular complexity index is 561. The molecule has 6 unspecified atom stereocenters. The Labute approximate surface area is 125 Å². The molecule has 3 saturated carbocycles. The molecule has 2 N–H and O–H groups in total. The zero-order valence-corrected chi connectivity index (χ0v) is 12.6. The van der Waals surface area contributed by atoms with Crippen LogP contribution in [0.1, 0.15) is 45.4 Å². The fraction of sp³-hybridized carbons (Fsp3) is 0.722. The molecule has 0 amide bonds. The highest BCUT2D eigenvalue weighted by atomic mass is 16.4. The minimum Gasteiger partial charge on any atom is -0.512 e. The van der Waals surface area contributed by atoms with Gasteiger partial charge in [0, 0.05) is 12.3 Å². The summed E-state index contributed by atoms with van der Waals surface area (Å²) in [5, 5.41) is 20.1. The van der Waals surface area contributed by atoms with E-state index in [1.54, 1.807) is 0 Å². The average molecular weight is 288 g/mol. The Balaban J connectivity index is 1.86. The van der Waals surface area contributed by atoms with Crippen LogP contribution in [0, 0.1) is 35.0 Å². The topological polar surface area (TPSA) is 57.5 Å². The molecule has 0 aromatic rings. The zero-order chi connectivity index (χ0) is 14.9. The molecule has 2 bridgehead atoms. The molecule has 0 aliphatic heterocycles. The summed E-state index contributed by atoms with van der Waals surface area (Å²) in [6.07, 6.45) is 5.96. The van der Waals surface area contributed by atoms with Crippen molar-refractivity contribution in [2.45, 2.75) is 45.4 Å². The Kier molecular flexibility index (Phi) is 2.65. The summed E-state index contributed by atoms with van der Waals surface area (Å²) < 4.78 is 0. The van der Waals surface area contributed by atoms with Crippen molar-refractivity contribution in [1.82, 2.24) is 0 Å². The van der Waals surface area contributed by atoms with Gasteiger partial charge in [0.1, 0.15) is 0 Å². The molecule has 0 aromatic carbocycles. The van der Waals surface area contributed by atoms with Gasteiger partial charge in [0.2, 0.25) is 0 Å². The van der Waals surface area contributed by atoms with Crippen LogP contribution < -0.4 is 0 Å². The maximum absolute atomic E-state index is 12.1.